The second kappa shape index (κ2) is 6.84. The van der Waals surface area contributed by atoms with Crippen molar-refractivity contribution in [1.29, 1.82) is 0 Å². The second-order valence-electron chi connectivity index (χ2n) is 5.39. The van der Waals surface area contributed by atoms with Gasteiger partial charge in [-0.15, -0.1) is 24.5 Å². The van der Waals surface area contributed by atoms with Crippen LogP contribution < -0.4 is 9.47 Å². The first-order valence-electron chi connectivity index (χ1n) is 7.44. The van der Waals surface area contributed by atoms with Crippen molar-refractivity contribution >= 4 is 32.8 Å². The highest BCUT2D eigenvalue weighted by molar-refractivity contribution is 7.21. The van der Waals surface area contributed by atoms with Crippen molar-refractivity contribution < 1.29 is 27.4 Å². The molecule has 0 aliphatic heterocycles. The highest BCUT2D eigenvalue weighted by atomic mass is 32.1. The molecule has 0 saturated carbocycles. The maximum absolute atomic E-state index is 12.7. The van der Waals surface area contributed by atoms with Gasteiger partial charge < -0.3 is 9.47 Å². The van der Waals surface area contributed by atoms with Gasteiger partial charge in [0.05, 0.1) is 12.0 Å². The van der Waals surface area contributed by atoms with Crippen molar-refractivity contribution in [3.63, 3.8) is 0 Å². The standard InChI is InChI=1S/C19H13F3O3S/c1-11(12-3-6-14(7-4-12)25-19(20,21)22)18(23)17-9-13-5-8-15(24-2)10-16(13)26-17/h3-10H,1H2,2H3. The number of hydrogen-bond acceptors (Lipinski definition) is 4. The number of thiophene rings is 1. The number of carbonyl (C=O) groups excluding carboxylic acids is 1. The van der Waals surface area contributed by atoms with Crippen molar-refractivity contribution in [3.8, 4) is 11.5 Å². The van der Waals surface area contributed by atoms with Gasteiger partial charge in [-0.1, -0.05) is 18.7 Å². The lowest BCUT2D eigenvalue weighted by Gasteiger charge is -2.09. The number of ketones is 1. The molecule has 0 amide bonds. The molecule has 134 valence electrons. The molecule has 0 unspecified atom stereocenters. The van der Waals surface area contributed by atoms with E-state index in [2.05, 4.69) is 11.3 Å². The number of carbonyl (C=O) groups is 1. The van der Waals surface area contributed by atoms with Crippen molar-refractivity contribution in [2.45, 2.75) is 6.36 Å². The van der Waals surface area contributed by atoms with Crippen molar-refractivity contribution in [3.05, 3.63) is 65.6 Å². The monoisotopic (exact) mass is 378 g/mol. The Bertz CT molecular complexity index is 972. The van der Waals surface area contributed by atoms with Crippen LogP contribution in [0.2, 0.25) is 0 Å². The highest BCUT2D eigenvalue weighted by Crippen LogP contribution is 2.32. The Morgan fingerprint density at radius 1 is 1.04 bits per heavy atom. The van der Waals surface area contributed by atoms with E-state index in [1.807, 2.05) is 12.1 Å². The van der Waals surface area contributed by atoms with E-state index in [4.69, 9.17) is 4.74 Å². The molecule has 0 radical (unpaired) electrons. The molecule has 0 fully saturated rings. The molecule has 0 saturated heterocycles. The van der Waals surface area contributed by atoms with E-state index in [1.54, 1.807) is 19.2 Å². The number of ether oxygens (including phenoxy) is 2. The Labute approximate surface area is 151 Å². The molecular formula is C19H13F3O3S. The average molecular weight is 378 g/mol. The van der Waals surface area contributed by atoms with Crippen LogP contribution in [0.3, 0.4) is 0 Å². The first kappa shape index (κ1) is 18.0. The smallest absolute Gasteiger partial charge is 0.497 e. The molecule has 2 aromatic carbocycles. The minimum absolute atomic E-state index is 0.196. The topological polar surface area (TPSA) is 35.5 Å². The number of allylic oxidation sites excluding steroid dienone is 1. The van der Waals surface area contributed by atoms with Crippen molar-refractivity contribution in [1.82, 2.24) is 0 Å². The van der Waals surface area contributed by atoms with Gasteiger partial charge >= 0.3 is 6.36 Å². The van der Waals surface area contributed by atoms with Crippen LogP contribution in [0.4, 0.5) is 13.2 Å². The van der Waals surface area contributed by atoms with Gasteiger partial charge in [-0.25, -0.2) is 0 Å². The third kappa shape index (κ3) is 3.88. The van der Waals surface area contributed by atoms with Crippen LogP contribution >= 0.6 is 11.3 Å². The predicted molar refractivity (Wildman–Crippen MR) is 94.9 cm³/mol. The lowest BCUT2D eigenvalue weighted by molar-refractivity contribution is -0.274. The third-order valence-electron chi connectivity index (χ3n) is 3.66. The zero-order valence-corrected chi connectivity index (χ0v) is 14.4. The molecule has 0 atom stereocenters. The molecular weight excluding hydrogens is 365 g/mol. The summed E-state index contributed by atoms with van der Waals surface area (Å²) in [7, 11) is 1.56. The summed E-state index contributed by atoms with van der Waals surface area (Å²) >= 11 is 1.31. The fraction of sp³-hybridized carbons (Fsp3) is 0.105. The molecule has 7 heteroatoms. The van der Waals surface area contributed by atoms with Gasteiger partial charge in [0, 0.05) is 10.3 Å². The van der Waals surface area contributed by atoms with Crippen molar-refractivity contribution in [2.75, 3.05) is 7.11 Å². The first-order valence-corrected chi connectivity index (χ1v) is 8.26. The number of fused-ring (bicyclic) bond motifs is 1. The normalized spacial score (nSPS) is 11.4. The third-order valence-corrected chi connectivity index (χ3v) is 4.76. The molecule has 26 heavy (non-hydrogen) atoms. The van der Waals surface area contributed by atoms with Gasteiger partial charge in [0.2, 0.25) is 5.78 Å². The second-order valence-corrected chi connectivity index (χ2v) is 6.48. The Kier molecular flexibility index (Phi) is 4.73. The van der Waals surface area contributed by atoms with Crippen LogP contribution in [-0.4, -0.2) is 19.3 Å². The number of hydrogen-bond donors (Lipinski definition) is 0. The van der Waals surface area contributed by atoms with E-state index in [0.717, 1.165) is 22.2 Å². The van der Waals surface area contributed by atoms with Crippen LogP contribution in [0.5, 0.6) is 11.5 Å². The Balaban J connectivity index is 1.82. The first-order chi connectivity index (χ1) is 12.3. The number of rotatable bonds is 5. The summed E-state index contributed by atoms with van der Waals surface area (Å²) in [5.41, 5.74) is 0.627. The molecule has 3 aromatic rings. The molecule has 1 heterocycles. The molecule has 3 rings (SSSR count). The van der Waals surface area contributed by atoms with Gasteiger partial charge in [-0.3, -0.25) is 4.79 Å². The summed E-state index contributed by atoms with van der Waals surface area (Å²) in [5, 5.41) is 0.904. The quantitative estimate of drug-likeness (QED) is 0.422. The molecule has 0 spiro atoms. The van der Waals surface area contributed by atoms with E-state index in [9.17, 15) is 18.0 Å². The lowest BCUT2D eigenvalue weighted by Crippen LogP contribution is -2.17. The molecule has 0 N–H and O–H groups in total. The molecule has 3 nitrogen and oxygen atoms in total. The van der Waals surface area contributed by atoms with Gasteiger partial charge in [0.25, 0.3) is 0 Å². The molecule has 0 bridgehead atoms. The highest BCUT2D eigenvalue weighted by Gasteiger charge is 2.31. The molecule has 0 aliphatic carbocycles. The van der Waals surface area contributed by atoms with Crippen LogP contribution in [0, 0.1) is 0 Å². The maximum Gasteiger partial charge on any atom is 0.573 e. The summed E-state index contributed by atoms with van der Waals surface area (Å²) in [4.78, 5) is 13.1. The summed E-state index contributed by atoms with van der Waals surface area (Å²) < 4.78 is 46.5. The van der Waals surface area contributed by atoms with Crippen LogP contribution in [0.15, 0.2) is 55.1 Å². The average Bonchev–Trinajstić information content (AvgIpc) is 3.02. The number of halogens is 3. The summed E-state index contributed by atoms with van der Waals surface area (Å²) in [5.74, 6) is 0.0579. The van der Waals surface area contributed by atoms with Gasteiger partial charge in [-0.05, 0) is 47.3 Å². The maximum atomic E-state index is 12.7. The fourth-order valence-electron chi connectivity index (χ4n) is 2.39. The van der Waals surface area contributed by atoms with Gasteiger partial charge in [0.1, 0.15) is 11.5 Å². The number of alkyl halides is 3. The zero-order valence-electron chi connectivity index (χ0n) is 13.6. The van der Waals surface area contributed by atoms with Crippen LogP contribution in [0.25, 0.3) is 15.7 Å². The van der Waals surface area contributed by atoms with Gasteiger partial charge in [-0.2, -0.15) is 0 Å². The van der Waals surface area contributed by atoms with Crippen LogP contribution in [-0.2, 0) is 0 Å². The van der Waals surface area contributed by atoms with Gasteiger partial charge in [0.15, 0.2) is 0 Å². The predicted octanol–water partition coefficient (Wildman–Crippen LogP) is 5.70. The zero-order chi connectivity index (χ0) is 18.9. The van der Waals surface area contributed by atoms with Crippen molar-refractivity contribution in [2.24, 2.45) is 0 Å². The number of Topliss-reactive ketones (excluding diaryl/α,β-unsaturated/α-hetero) is 1. The number of methoxy groups -OCH3 is 1. The lowest BCUT2D eigenvalue weighted by atomic mass is 10.0. The number of benzene rings is 2. The Morgan fingerprint density at radius 3 is 2.31 bits per heavy atom. The minimum atomic E-state index is -4.76. The minimum Gasteiger partial charge on any atom is -0.497 e. The fourth-order valence-corrected chi connectivity index (χ4v) is 3.45. The van der Waals surface area contributed by atoms with E-state index >= 15 is 0 Å². The summed E-state index contributed by atoms with van der Waals surface area (Å²) in [6.45, 7) is 3.78. The van der Waals surface area contributed by atoms with E-state index in [0.29, 0.717) is 16.2 Å². The van der Waals surface area contributed by atoms with Crippen LogP contribution in [0.1, 0.15) is 15.2 Å². The largest absolute Gasteiger partial charge is 0.573 e. The summed E-state index contributed by atoms with van der Waals surface area (Å²) in [6, 6.07) is 12.3. The van der Waals surface area contributed by atoms with E-state index < -0.39 is 6.36 Å². The summed E-state index contributed by atoms with van der Waals surface area (Å²) in [6.07, 6.45) is -4.76. The SMILES string of the molecule is C=C(C(=O)c1cc2ccc(OC)cc2s1)c1ccc(OC(F)(F)F)cc1. The Hall–Kier alpha value is -2.80. The molecule has 0 aliphatic rings. The Morgan fingerprint density at radius 2 is 1.69 bits per heavy atom. The molecule has 1 aromatic heterocycles. The van der Waals surface area contributed by atoms with E-state index in [1.165, 1.54) is 23.5 Å². The van der Waals surface area contributed by atoms with E-state index in [-0.39, 0.29) is 17.1 Å².